The van der Waals surface area contributed by atoms with Crippen molar-refractivity contribution in [2.45, 2.75) is 19.4 Å². The molecule has 18 heavy (non-hydrogen) atoms. The zero-order valence-electron chi connectivity index (χ0n) is 9.93. The van der Waals surface area contributed by atoms with Crippen LogP contribution in [0.5, 0.6) is 0 Å². The fourth-order valence-electron chi connectivity index (χ4n) is 2.00. The molecular formula is C11H14BrN3O3. The van der Waals surface area contributed by atoms with E-state index in [4.69, 9.17) is 4.74 Å². The van der Waals surface area contributed by atoms with Crippen molar-refractivity contribution in [1.82, 2.24) is 4.98 Å². The summed E-state index contributed by atoms with van der Waals surface area (Å²) in [5, 5.41) is 14.2. The molecule has 2 heterocycles. The van der Waals surface area contributed by atoms with Crippen molar-refractivity contribution >= 4 is 27.3 Å². The largest absolute Gasteiger partial charge is 0.381 e. The summed E-state index contributed by atoms with van der Waals surface area (Å²) in [4.78, 5) is 14.3. The highest BCUT2D eigenvalue weighted by molar-refractivity contribution is 9.10. The van der Waals surface area contributed by atoms with Gasteiger partial charge in [-0.2, -0.15) is 0 Å². The molecule has 0 aliphatic carbocycles. The molecule has 98 valence electrons. The maximum Gasteiger partial charge on any atom is 0.311 e. The van der Waals surface area contributed by atoms with E-state index in [2.05, 4.69) is 26.2 Å². The number of rotatable bonds is 4. The highest BCUT2D eigenvalue weighted by Crippen LogP contribution is 2.33. The average molecular weight is 316 g/mol. The van der Waals surface area contributed by atoms with Crippen LogP contribution in [0.25, 0.3) is 0 Å². The minimum absolute atomic E-state index is 0.0184. The number of nitrogens with one attached hydrogen (secondary N) is 1. The van der Waals surface area contributed by atoms with E-state index < -0.39 is 4.92 Å². The number of halogens is 1. The Morgan fingerprint density at radius 3 is 3.06 bits per heavy atom. The molecule has 0 saturated carbocycles. The van der Waals surface area contributed by atoms with Crippen molar-refractivity contribution < 1.29 is 9.66 Å². The Morgan fingerprint density at radius 1 is 1.67 bits per heavy atom. The number of hydrogen-bond acceptors (Lipinski definition) is 5. The SMILES string of the molecule is CC(Nc1c(Br)cncc1[N+](=O)[O-])C1CCOC1. The van der Waals surface area contributed by atoms with E-state index in [-0.39, 0.29) is 11.7 Å². The first-order chi connectivity index (χ1) is 8.59. The Hall–Kier alpha value is -1.21. The van der Waals surface area contributed by atoms with Gasteiger partial charge in [0, 0.05) is 24.8 Å². The summed E-state index contributed by atoms with van der Waals surface area (Å²) < 4.78 is 5.93. The Kier molecular flexibility index (Phi) is 4.13. The van der Waals surface area contributed by atoms with Crippen LogP contribution >= 0.6 is 15.9 Å². The summed E-state index contributed by atoms with van der Waals surface area (Å²) in [7, 11) is 0. The van der Waals surface area contributed by atoms with E-state index in [1.807, 2.05) is 6.92 Å². The van der Waals surface area contributed by atoms with Crippen LogP contribution in [0.4, 0.5) is 11.4 Å². The Morgan fingerprint density at radius 2 is 2.44 bits per heavy atom. The predicted molar refractivity (Wildman–Crippen MR) is 70.6 cm³/mol. The molecule has 2 unspecified atom stereocenters. The Balaban J connectivity index is 2.19. The highest BCUT2D eigenvalue weighted by atomic mass is 79.9. The smallest absolute Gasteiger partial charge is 0.311 e. The lowest BCUT2D eigenvalue weighted by Gasteiger charge is -2.20. The fraction of sp³-hybridized carbons (Fsp3) is 0.545. The van der Waals surface area contributed by atoms with Crippen LogP contribution < -0.4 is 5.32 Å². The minimum Gasteiger partial charge on any atom is -0.381 e. The minimum atomic E-state index is -0.433. The van der Waals surface area contributed by atoms with Crippen molar-refractivity contribution in [2.75, 3.05) is 18.5 Å². The van der Waals surface area contributed by atoms with Crippen LogP contribution in [0.15, 0.2) is 16.9 Å². The molecule has 0 spiro atoms. The van der Waals surface area contributed by atoms with Gasteiger partial charge in [-0.05, 0) is 29.3 Å². The van der Waals surface area contributed by atoms with Gasteiger partial charge in [0.15, 0.2) is 0 Å². The van der Waals surface area contributed by atoms with Gasteiger partial charge in [-0.15, -0.1) is 0 Å². The third kappa shape index (κ3) is 2.78. The van der Waals surface area contributed by atoms with Gasteiger partial charge < -0.3 is 10.1 Å². The molecule has 0 bridgehead atoms. The number of aromatic nitrogens is 1. The van der Waals surface area contributed by atoms with Crippen molar-refractivity contribution in [3.8, 4) is 0 Å². The predicted octanol–water partition coefficient (Wildman–Crippen LogP) is 2.59. The summed E-state index contributed by atoms with van der Waals surface area (Å²) in [5.74, 6) is 0.379. The van der Waals surface area contributed by atoms with Crippen LogP contribution in [0.3, 0.4) is 0 Å². The zero-order valence-corrected chi connectivity index (χ0v) is 11.5. The monoisotopic (exact) mass is 315 g/mol. The van der Waals surface area contributed by atoms with Crippen molar-refractivity contribution in [1.29, 1.82) is 0 Å². The summed E-state index contributed by atoms with van der Waals surface area (Å²) in [6, 6.07) is 0.116. The second-order valence-electron chi connectivity index (χ2n) is 4.33. The number of nitro groups is 1. The van der Waals surface area contributed by atoms with Gasteiger partial charge in [-0.25, -0.2) is 0 Å². The molecular weight excluding hydrogens is 302 g/mol. The lowest BCUT2D eigenvalue weighted by atomic mass is 10.0. The molecule has 1 aromatic rings. The number of anilines is 1. The van der Waals surface area contributed by atoms with E-state index in [0.29, 0.717) is 22.7 Å². The molecule has 1 aromatic heterocycles. The molecule has 0 radical (unpaired) electrons. The third-order valence-corrected chi connectivity index (χ3v) is 3.72. The molecule has 0 aromatic carbocycles. The molecule has 6 nitrogen and oxygen atoms in total. The second-order valence-corrected chi connectivity index (χ2v) is 5.18. The molecule has 1 saturated heterocycles. The van der Waals surface area contributed by atoms with Crippen LogP contribution in [0.2, 0.25) is 0 Å². The van der Waals surface area contributed by atoms with Crippen molar-refractivity contribution in [3.63, 3.8) is 0 Å². The molecule has 1 aliphatic rings. The van der Waals surface area contributed by atoms with Gasteiger partial charge in [-0.1, -0.05) is 0 Å². The standard InChI is InChI=1S/C11H14BrN3O3/c1-7(8-2-3-18-6-8)14-11-9(12)4-13-5-10(11)15(16)17/h4-5,7-8H,2-3,6H2,1H3,(H,13,14). The lowest BCUT2D eigenvalue weighted by molar-refractivity contribution is -0.384. The van der Waals surface area contributed by atoms with Gasteiger partial charge >= 0.3 is 5.69 Å². The third-order valence-electron chi connectivity index (χ3n) is 3.12. The van der Waals surface area contributed by atoms with E-state index in [9.17, 15) is 10.1 Å². The van der Waals surface area contributed by atoms with Crippen molar-refractivity contribution in [3.05, 3.63) is 27.0 Å². The Bertz CT molecular complexity index is 449. The molecule has 1 fully saturated rings. The lowest BCUT2D eigenvalue weighted by Crippen LogP contribution is -2.26. The van der Waals surface area contributed by atoms with Gasteiger partial charge in [0.05, 0.1) is 16.0 Å². The number of nitrogens with zero attached hydrogens (tertiary/aromatic N) is 2. The van der Waals surface area contributed by atoms with Gasteiger partial charge in [0.25, 0.3) is 0 Å². The van der Waals surface area contributed by atoms with Crippen LogP contribution in [0.1, 0.15) is 13.3 Å². The van der Waals surface area contributed by atoms with Crippen molar-refractivity contribution in [2.24, 2.45) is 5.92 Å². The topological polar surface area (TPSA) is 77.3 Å². The molecule has 0 amide bonds. The first kappa shape index (κ1) is 13.2. The molecule has 7 heteroatoms. The van der Waals surface area contributed by atoms with Gasteiger partial charge in [0.2, 0.25) is 0 Å². The van der Waals surface area contributed by atoms with Gasteiger partial charge in [-0.3, -0.25) is 15.1 Å². The molecule has 1 aliphatic heterocycles. The van der Waals surface area contributed by atoms with E-state index in [1.165, 1.54) is 6.20 Å². The quantitative estimate of drug-likeness (QED) is 0.682. The molecule has 1 N–H and O–H groups in total. The number of pyridine rings is 1. The normalized spacial score (nSPS) is 20.7. The van der Waals surface area contributed by atoms with Gasteiger partial charge in [0.1, 0.15) is 11.9 Å². The zero-order chi connectivity index (χ0) is 13.1. The second kappa shape index (κ2) is 5.62. The van der Waals surface area contributed by atoms with Crippen LogP contribution in [-0.4, -0.2) is 29.2 Å². The maximum atomic E-state index is 11.0. The highest BCUT2D eigenvalue weighted by Gasteiger charge is 2.25. The summed E-state index contributed by atoms with van der Waals surface area (Å²) in [6.45, 7) is 3.47. The first-order valence-corrected chi connectivity index (χ1v) is 6.51. The number of hydrogen-bond donors (Lipinski definition) is 1. The fourth-order valence-corrected chi connectivity index (χ4v) is 2.43. The average Bonchev–Trinajstić information content (AvgIpc) is 2.85. The van der Waals surface area contributed by atoms with E-state index in [0.717, 1.165) is 13.0 Å². The van der Waals surface area contributed by atoms with Crippen LogP contribution in [0, 0.1) is 16.0 Å². The summed E-state index contributed by atoms with van der Waals surface area (Å²) >= 11 is 3.29. The Labute approximate surface area is 113 Å². The van der Waals surface area contributed by atoms with Crippen LogP contribution in [-0.2, 0) is 4.74 Å². The molecule has 2 atom stereocenters. The summed E-state index contributed by atoms with van der Waals surface area (Å²) in [5.41, 5.74) is 0.463. The van der Waals surface area contributed by atoms with E-state index in [1.54, 1.807) is 6.20 Å². The first-order valence-electron chi connectivity index (χ1n) is 5.71. The maximum absolute atomic E-state index is 11.0. The molecule has 2 rings (SSSR count). The van der Waals surface area contributed by atoms with E-state index >= 15 is 0 Å². The number of ether oxygens (including phenoxy) is 1. The summed E-state index contributed by atoms with van der Waals surface area (Å²) in [6.07, 6.45) is 3.78.